The normalized spacial score (nSPS) is 13.3. The zero-order valence-corrected chi connectivity index (χ0v) is 31.1. The van der Waals surface area contributed by atoms with Crippen LogP contribution in [0.5, 0.6) is 0 Å². The highest BCUT2D eigenvalue weighted by atomic mass is 32.1. The molecule has 1 nitrogen and oxygen atoms in total. The number of fused-ring (bicyclic) bond motifs is 10. The van der Waals surface area contributed by atoms with Gasteiger partial charge in [0.25, 0.3) is 0 Å². The summed E-state index contributed by atoms with van der Waals surface area (Å²) in [5.74, 6) is 0. The summed E-state index contributed by atoms with van der Waals surface area (Å²) in [6, 6.07) is 51.3. The quantitative estimate of drug-likeness (QED) is 0.166. The summed E-state index contributed by atoms with van der Waals surface area (Å²) in [4.78, 5) is 0. The van der Waals surface area contributed by atoms with Crippen molar-refractivity contribution in [3.8, 4) is 22.3 Å². The van der Waals surface area contributed by atoms with Crippen LogP contribution in [0.15, 0.2) is 144 Å². The largest absolute Gasteiger partial charge is 0.456 e. The third-order valence-electron chi connectivity index (χ3n) is 11.6. The summed E-state index contributed by atoms with van der Waals surface area (Å²) in [7, 11) is 0. The van der Waals surface area contributed by atoms with Gasteiger partial charge in [-0.1, -0.05) is 121 Å². The molecular formula is C52H36OS. The van der Waals surface area contributed by atoms with Gasteiger partial charge in [0, 0.05) is 30.9 Å². The van der Waals surface area contributed by atoms with Crippen molar-refractivity contribution in [3.05, 3.63) is 167 Å². The SMILES string of the molecule is C/C(=C\c1ccc(-c2c3c(c(-c4ccccc4)c4ccccc24)=CCCC=3)cc1C)c1ccc2c(c1)oc1ccc3cc4sc5ccccc5c4cc3c12. The number of thiophene rings is 1. The molecule has 0 saturated carbocycles. The number of allylic oxidation sites excluding steroid dienone is 1. The minimum atomic E-state index is 0.925. The molecular weight excluding hydrogens is 673 g/mol. The third-order valence-corrected chi connectivity index (χ3v) is 12.7. The van der Waals surface area contributed by atoms with Crippen LogP contribution in [0.1, 0.15) is 36.5 Å². The molecule has 0 atom stereocenters. The Bertz CT molecular complexity index is 3340. The molecule has 8 aromatic carbocycles. The first-order chi connectivity index (χ1) is 26.6. The highest BCUT2D eigenvalue weighted by molar-refractivity contribution is 7.25. The lowest BCUT2D eigenvalue weighted by Gasteiger charge is -2.18. The second kappa shape index (κ2) is 12.2. The maximum atomic E-state index is 6.56. The molecule has 0 unspecified atom stereocenters. The lowest BCUT2D eigenvalue weighted by Crippen LogP contribution is -2.31. The van der Waals surface area contributed by atoms with Crippen molar-refractivity contribution in [1.82, 2.24) is 0 Å². The average Bonchev–Trinajstić information content (AvgIpc) is 3.77. The minimum Gasteiger partial charge on any atom is -0.456 e. The average molecular weight is 709 g/mol. The number of aryl methyl sites for hydroxylation is 1. The van der Waals surface area contributed by atoms with Crippen LogP contribution in [0.3, 0.4) is 0 Å². The Hall–Kier alpha value is -6.22. The molecule has 0 bridgehead atoms. The van der Waals surface area contributed by atoms with E-state index in [1.807, 2.05) is 11.3 Å². The molecule has 0 amide bonds. The predicted octanol–water partition coefficient (Wildman–Crippen LogP) is 13.8. The molecule has 0 radical (unpaired) electrons. The van der Waals surface area contributed by atoms with Crippen LogP contribution < -0.4 is 10.4 Å². The molecule has 0 N–H and O–H groups in total. The van der Waals surface area contributed by atoms with E-state index in [1.165, 1.54) is 102 Å². The van der Waals surface area contributed by atoms with Crippen molar-refractivity contribution >= 4 is 98.8 Å². The Kier molecular flexibility index (Phi) is 7.05. The van der Waals surface area contributed by atoms with E-state index >= 15 is 0 Å². The molecule has 54 heavy (non-hydrogen) atoms. The van der Waals surface area contributed by atoms with Crippen LogP contribution in [0.2, 0.25) is 0 Å². The molecule has 1 aliphatic rings. The first kappa shape index (κ1) is 31.3. The first-order valence-electron chi connectivity index (χ1n) is 18.9. The second-order valence-electron chi connectivity index (χ2n) is 14.8. The molecule has 256 valence electrons. The zero-order chi connectivity index (χ0) is 35.9. The summed E-state index contributed by atoms with van der Waals surface area (Å²) in [5.41, 5.74) is 12.0. The molecule has 0 saturated heterocycles. The van der Waals surface area contributed by atoms with Gasteiger partial charge in [-0.05, 0) is 140 Å². The smallest absolute Gasteiger partial charge is 0.136 e. The van der Waals surface area contributed by atoms with E-state index in [0.717, 1.165) is 29.4 Å². The van der Waals surface area contributed by atoms with Gasteiger partial charge in [0.15, 0.2) is 0 Å². The summed E-state index contributed by atoms with van der Waals surface area (Å²) in [6.07, 6.45) is 9.36. The molecule has 0 fully saturated rings. The Morgan fingerprint density at radius 1 is 0.556 bits per heavy atom. The fourth-order valence-electron chi connectivity index (χ4n) is 8.96. The van der Waals surface area contributed by atoms with E-state index in [9.17, 15) is 0 Å². The monoisotopic (exact) mass is 708 g/mol. The van der Waals surface area contributed by atoms with Gasteiger partial charge in [-0.25, -0.2) is 0 Å². The number of rotatable bonds is 4. The van der Waals surface area contributed by atoms with E-state index in [0.29, 0.717) is 0 Å². The maximum absolute atomic E-state index is 6.56. The Labute approximate surface area is 317 Å². The van der Waals surface area contributed by atoms with Crippen LogP contribution in [0.4, 0.5) is 0 Å². The predicted molar refractivity (Wildman–Crippen MR) is 235 cm³/mol. The molecule has 2 aromatic heterocycles. The van der Waals surface area contributed by atoms with Crippen molar-refractivity contribution in [2.24, 2.45) is 0 Å². The first-order valence-corrected chi connectivity index (χ1v) is 19.7. The number of hydrogen-bond donors (Lipinski definition) is 0. The lowest BCUT2D eigenvalue weighted by molar-refractivity contribution is 0.669. The topological polar surface area (TPSA) is 13.1 Å². The fourth-order valence-corrected chi connectivity index (χ4v) is 10.1. The lowest BCUT2D eigenvalue weighted by atomic mass is 9.85. The van der Waals surface area contributed by atoms with Gasteiger partial charge in [-0.3, -0.25) is 0 Å². The summed E-state index contributed by atoms with van der Waals surface area (Å²) >= 11 is 1.87. The van der Waals surface area contributed by atoms with Crippen LogP contribution in [0, 0.1) is 6.92 Å². The van der Waals surface area contributed by atoms with E-state index in [-0.39, 0.29) is 0 Å². The van der Waals surface area contributed by atoms with Crippen molar-refractivity contribution in [2.45, 2.75) is 26.7 Å². The fraction of sp³-hybridized carbons (Fsp3) is 0.0769. The molecule has 10 aromatic rings. The van der Waals surface area contributed by atoms with E-state index in [4.69, 9.17) is 4.42 Å². The summed E-state index contributed by atoms with van der Waals surface area (Å²) in [6.45, 7) is 4.45. The third kappa shape index (κ3) is 4.84. The molecule has 2 heteroatoms. The van der Waals surface area contributed by atoms with E-state index < -0.39 is 0 Å². The van der Waals surface area contributed by atoms with Crippen molar-refractivity contribution in [3.63, 3.8) is 0 Å². The Morgan fingerprint density at radius 2 is 1.28 bits per heavy atom. The van der Waals surface area contributed by atoms with Gasteiger partial charge in [0.2, 0.25) is 0 Å². The van der Waals surface area contributed by atoms with Crippen molar-refractivity contribution in [1.29, 1.82) is 0 Å². The van der Waals surface area contributed by atoms with Crippen LogP contribution in [0.25, 0.3) is 110 Å². The molecule has 11 rings (SSSR count). The van der Waals surface area contributed by atoms with Gasteiger partial charge in [-0.15, -0.1) is 11.3 Å². The molecule has 2 heterocycles. The standard InChI is InChI=1S/C52H36OS/c1-31(35-22-24-43-47(28-35)53-46-25-23-36-29-49-45(30-44(36)52(43)46)38-14-10-11-19-48(38)54-49)26-34-20-21-37(27-32(34)2)51-41-17-8-6-15-39(41)50(33-12-4-3-5-13-33)40-16-7-9-18-42(40)51/h3-6,8,10-30H,7,9H2,1-2H3/b31-26+. The molecule has 0 spiro atoms. The van der Waals surface area contributed by atoms with Crippen LogP contribution in [-0.4, -0.2) is 0 Å². The maximum Gasteiger partial charge on any atom is 0.136 e. The van der Waals surface area contributed by atoms with Crippen LogP contribution in [-0.2, 0) is 0 Å². The zero-order valence-electron chi connectivity index (χ0n) is 30.2. The Morgan fingerprint density at radius 3 is 2.06 bits per heavy atom. The highest BCUT2D eigenvalue weighted by Gasteiger charge is 2.17. The van der Waals surface area contributed by atoms with Gasteiger partial charge < -0.3 is 4.42 Å². The van der Waals surface area contributed by atoms with Crippen molar-refractivity contribution in [2.75, 3.05) is 0 Å². The van der Waals surface area contributed by atoms with Gasteiger partial charge in [-0.2, -0.15) is 0 Å². The van der Waals surface area contributed by atoms with E-state index in [1.54, 1.807) is 0 Å². The van der Waals surface area contributed by atoms with Gasteiger partial charge >= 0.3 is 0 Å². The van der Waals surface area contributed by atoms with Crippen molar-refractivity contribution < 1.29 is 4.42 Å². The highest BCUT2D eigenvalue weighted by Crippen LogP contribution is 2.41. The Balaban J connectivity index is 0.998. The minimum absolute atomic E-state index is 0.925. The van der Waals surface area contributed by atoms with Gasteiger partial charge in [0.1, 0.15) is 11.2 Å². The van der Waals surface area contributed by atoms with E-state index in [2.05, 4.69) is 172 Å². The summed E-state index contributed by atoms with van der Waals surface area (Å²) < 4.78 is 9.21. The van der Waals surface area contributed by atoms with Gasteiger partial charge in [0.05, 0.1) is 0 Å². The summed E-state index contributed by atoms with van der Waals surface area (Å²) in [5, 5.41) is 12.8. The number of furan rings is 1. The number of hydrogen-bond acceptors (Lipinski definition) is 2. The number of benzene rings is 8. The molecule has 0 aliphatic heterocycles. The molecule has 1 aliphatic carbocycles. The second-order valence-corrected chi connectivity index (χ2v) is 15.9. The van der Waals surface area contributed by atoms with Crippen LogP contribution >= 0.6 is 11.3 Å².